The maximum absolute atomic E-state index is 12.2. The Morgan fingerprint density at radius 3 is 2.23 bits per heavy atom. The van der Waals surface area contributed by atoms with Gasteiger partial charge in [0.1, 0.15) is 17.2 Å². The Balaban J connectivity index is 1.68. The summed E-state index contributed by atoms with van der Waals surface area (Å²) in [6, 6.07) is 20.6. The first-order valence-corrected chi connectivity index (χ1v) is 9.68. The quantitative estimate of drug-likeness (QED) is 0.469. The van der Waals surface area contributed by atoms with E-state index in [1.165, 1.54) is 6.08 Å². The first-order valence-electron chi connectivity index (χ1n) is 8.92. The molecule has 3 aromatic carbocycles. The van der Waals surface area contributed by atoms with Crippen molar-refractivity contribution in [2.45, 2.75) is 6.42 Å². The monoisotopic (exact) mass is 441 g/mol. The molecular formula is C23H17Cl2NO4. The van der Waals surface area contributed by atoms with Gasteiger partial charge in [0, 0.05) is 5.02 Å². The average molecular weight is 442 g/mol. The van der Waals surface area contributed by atoms with E-state index in [0.29, 0.717) is 27.1 Å². The Kier molecular flexibility index (Phi) is 7.12. The summed E-state index contributed by atoms with van der Waals surface area (Å²) in [5.41, 5.74) is 1.09. The van der Waals surface area contributed by atoms with Crippen molar-refractivity contribution in [2.75, 3.05) is 0 Å². The molecule has 0 heterocycles. The van der Waals surface area contributed by atoms with Gasteiger partial charge in [-0.15, -0.1) is 0 Å². The van der Waals surface area contributed by atoms with Crippen LogP contribution in [0.2, 0.25) is 10.0 Å². The number of amides is 1. The Morgan fingerprint density at radius 2 is 1.60 bits per heavy atom. The number of carboxylic acids is 1. The molecule has 0 bridgehead atoms. The van der Waals surface area contributed by atoms with Crippen LogP contribution in [0, 0.1) is 0 Å². The van der Waals surface area contributed by atoms with Crippen molar-refractivity contribution in [3.63, 3.8) is 0 Å². The van der Waals surface area contributed by atoms with Gasteiger partial charge in [0.15, 0.2) is 0 Å². The van der Waals surface area contributed by atoms with Crippen molar-refractivity contribution in [1.82, 2.24) is 5.32 Å². The van der Waals surface area contributed by atoms with Crippen LogP contribution in [0.4, 0.5) is 0 Å². The molecule has 5 nitrogen and oxygen atoms in total. The molecule has 3 rings (SSSR count). The molecule has 0 radical (unpaired) electrons. The number of aliphatic carboxylic acids is 1. The molecule has 0 saturated heterocycles. The van der Waals surface area contributed by atoms with Crippen molar-refractivity contribution in [1.29, 1.82) is 0 Å². The first-order chi connectivity index (χ1) is 14.4. The number of hydrogen-bond donors (Lipinski definition) is 2. The van der Waals surface area contributed by atoms with Gasteiger partial charge in [-0.25, -0.2) is 4.79 Å². The first kappa shape index (κ1) is 21.4. The van der Waals surface area contributed by atoms with Crippen LogP contribution in [0.3, 0.4) is 0 Å². The van der Waals surface area contributed by atoms with Gasteiger partial charge in [0.2, 0.25) is 5.91 Å². The molecule has 0 saturated carbocycles. The topological polar surface area (TPSA) is 75.6 Å². The minimum absolute atomic E-state index is 0.0341. The number of para-hydroxylation sites is 1. The molecule has 3 aromatic rings. The van der Waals surface area contributed by atoms with E-state index >= 15 is 0 Å². The van der Waals surface area contributed by atoms with E-state index in [0.717, 1.165) is 5.56 Å². The van der Waals surface area contributed by atoms with E-state index in [4.69, 9.17) is 27.9 Å². The number of halogens is 2. The van der Waals surface area contributed by atoms with E-state index in [-0.39, 0.29) is 12.1 Å². The smallest absolute Gasteiger partial charge is 0.352 e. The van der Waals surface area contributed by atoms with Gasteiger partial charge in [-0.05, 0) is 53.6 Å². The van der Waals surface area contributed by atoms with Crippen LogP contribution in [0.5, 0.6) is 11.5 Å². The summed E-state index contributed by atoms with van der Waals surface area (Å²) < 4.78 is 5.71. The number of rotatable bonds is 7. The van der Waals surface area contributed by atoms with Gasteiger partial charge < -0.3 is 15.2 Å². The van der Waals surface area contributed by atoms with Gasteiger partial charge in [-0.3, -0.25) is 4.79 Å². The van der Waals surface area contributed by atoms with E-state index in [2.05, 4.69) is 5.32 Å². The zero-order chi connectivity index (χ0) is 21.5. The maximum atomic E-state index is 12.2. The Morgan fingerprint density at radius 1 is 0.933 bits per heavy atom. The second-order valence-electron chi connectivity index (χ2n) is 6.32. The van der Waals surface area contributed by atoms with Crippen LogP contribution in [0.15, 0.2) is 78.5 Å². The van der Waals surface area contributed by atoms with Gasteiger partial charge in [-0.1, -0.05) is 59.6 Å². The third-order valence-electron chi connectivity index (χ3n) is 4.04. The number of nitrogens with one attached hydrogen (secondary N) is 1. The SMILES string of the molecule is O=C(Cc1ccc(Cl)cc1)N/C(=C\c1ccc(Oc2ccccc2Cl)cc1)C(=O)O. The van der Waals surface area contributed by atoms with Crippen LogP contribution in [0.1, 0.15) is 11.1 Å². The van der Waals surface area contributed by atoms with Crippen LogP contribution >= 0.6 is 23.2 Å². The van der Waals surface area contributed by atoms with Crippen LogP contribution in [-0.4, -0.2) is 17.0 Å². The summed E-state index contributed by atoms with van der Waals surface area (Å²) in [4.78, 5) is 23.8. The molecule has 0 aliphatic heterocycles. The molecule has 0 unspecified atom stereocenters. The minimum Gasteiger partial charge on any atom is -0.477 e. The Bertz CT molecular complexity index is 1080. The Hall–Kier alpha value is -3.28. The zero-order valence-electron chi connectivity index (χ0n) is 15.6. The lowest BCUT2D eigenvalue weighted by Crippen LogP contribution is -2.28. The van der Waals surface area contributed by atoms with Crippen molar-refractivity contribution >= 4 is 41.2 Å². The third-order valence-corrected chi connectivity index (χ3v) is 4.60. The van der Waals surface area contributed by atoms with Gasteiger partial charge in [-0.2, -0.15) is 0 Å². The highest BCUT2D eigenvalue weighted by Gasteiger charge is 2.12. The molecule has 0 aliphatic rings. The summed E-state index contributed by atoms with van der Waals surface area (Å²) in [5.74, 6) is -0.618. The number of ether oxygens (including phenoxy) is 1. The molecule has 0 aliphatic carbocycles. The highest BCUT2D eigenvalue weighted by Crippen LogP contribution is 2.29. The summed E-state index contributed by atoms with van der Waals surface area (Å²) in [5, 5.41) is 12.9. The average Bonchev–Trinajstić information content (AvgIpc) is 2.72. The fraction of sp³-hybridized carbons (Fsp3) is 0.0435. The number of hydrogen-bond acceptors (Lipinski definition) is 3. The predicted molar refractivity (Wildman–Crippen MR) is 117 cm³/mol. The van der Waals surface area contributed by atoms with Gasteiger partial charge >= 0.3 is 5.97 Å². The third kappa shape index (κ3) is 6.11. The fourth-order valence-corrected chi connectivity index (χ4v) is 2.89. The minimum atomic E-state index is -1.24. The zero-order valence-corrected chi connectivity index (χ0v) is 17.2. The van der Waals surface area contributed by atoms with Crippen LogP contribution in [0.25, 0.3) is 6.08 Å². The molecule has 0 spiro atoms. The fourth-order valence-electron chi connectivity index (χ4n) is 2.59. The van der Waals surface area contributed by atoms with Crippen LogP contribution < -0.4 is 10.1 Å². The van der Waals surface area contributed by atoms with E-state index < -0.39 is 11.9 Å². The van der Waals surface area contributed by atoms with Gasteiger partial charge in [0.25, 0.3) is 0 Å². The lowest BCUT2D eigenvalue weighted by molar-refractivity contribution is -0.134. The Labute approximate surface area is 183 Å². The molecule has 30 heavy (non-hydrogen) atoms. The maximum Gasteiger partial charge on any atom is 0.352 e. The normalized spacial score (nSPS) is 11.1. The molecule has 7 heteroatoms. The van der Waals surface area contributed by atoms with Gasteiger partial charge in [0.05, 0.1) is 11.4 Å². The van der Waals surface area contributed by atoms with Crippen LogP contribution in [-0.2, 0) is 16.0 Å². The molecule has 0 atom stereocenters. The molecule has 0 aromatic heterocycles. The lowest BCUT2D eigenvalue weighted by Gasteiger charge is -2.08. The molecule has 152 valence electrons. The summed E-state index contributed by atoms with van der Waals surface area (Å²) in [6.07, 6.45) is 1.41. The number of carbonyl (C=O) groups is 2. The highest BCUT2D eigenvalue weighted by atomic mass is 35.5. The highest BCUT2D eigenvalue weighted by molar-refractivity contribution is 6.32. The van der Waals surface area contributed by atoms with Crippen molar-refractivity contribution < 1.29 is 19.4 Å². The largest absolute Gasteiger partial charge is 0.477 e. The number of carbonyl (C=O) groups excluding carboxylic acids is 1. The second-order valence-corrected chi connectivity index (χ2v) is 7.16. The molecule has 0 fully saturated rings. The molecule has 2 N–H and O–H groups in total. The van der Waals surface area contributed by atoms with Crippen molar-refractivity contribution in [3.8, 4) is 11.5 Å². The summed E-state index contributed by atoms with van der Waals surface area (Å²) in [6.45, 7) is 0. The number of benzene rings is 3. The van der Waals surface area contributed by atoms with E-state index in [9.17, 15) is 14.7 Å². The summed E-state index contributed by atoms with van der Waals surface area (Å²) >= 11 is 11.9. The standard InChI is InChI=1S/C23H17Cl2NO4/c24-17-9-5-16(6-10-17)14-22(27)26-20(23(28)29)13-15-7-11-18(12-8-15)30-21-4-2-1-3-19(21)25/h1-13H,14H2,(H,26,27)(H,28,29)/b20-13-. The summed E-state index contributed by atoms with van der Waals surface area (Å²) in [7, 11) is 0. The lowest BCUT2D eigenvalue weighted by atomic mass is 10.1. The van der Waals surface area contributed by atoms with Crippen molar-refractivity contribution in [2.24, 2.45) is 0 Å². The molecular weight excluding hydrogens is 425 g/mol. The van der Waals surface area contributed by atoms with E-state index in [1.54, 1.807) is 66.7 Å². The van der Waals surface area contributed by atoms with Crippen molar-refractivity contribution in [3.05, 3.63) is 99.7 Å². The molecule has 1 amide bonds. The van der Waals surface area contributed by atoms with E-state index in [1.807, 2.05) is 6.07 Å². The number of carboxylic acid groups (broad SMARTS) is 1. The predicted octanol–water partition coefficient (Wildman–Crippen LogP) is 5.57. The second kappa shape index (κ2) is 9.96.